The van der Waals surface area contributed by atoms with Gasteiger partial charge in [0, 0.05) is 22.8 Å². The third-order valence-corrected chi connectivity index (χ3v) is 2.26. The molecule has 1 aliphatic rings. The fourth-order valence-corrected chi connectivity index (χ4v) is 1.44. The Morgan fingerprint density at radius 2 is 1.75 bits per heavy atom. The molecule has 0 fully saturated rings. The largest absolute Gasteiger partial charge is 0.346 e. The molecule has 0 aromatic heterocycles. The fourth-order valence-electron chi connectivity index (χ4n) is 1.44. The number of hydrogen-bond donors (Lipinski definition) is 2. The molecule has 3 heteroatoms. The minimum atomic E-state index is 0.349. The quantitative estimate of drug-likeness (QED) is 0.575. The smallest absolute Gasteiger partial charge is 0.114 e. The maximum absolute atomic E-state index is 8.79. The predicted molar refractivity (Wildman–Crippen MR) is 62.4 cm³/mol. The first kappa shape index (κ1) is 9.89. The third kappa shape index (κ3) is 1.75. The van der Waals surface area contributed by atoms with Crippen molar-refractivity contribution in [2.45, 2.75) is 0 Å². The van der Waals surface area contributed by atoms with Crippen LogP contribution in [0.15, 0.2) is 36.7 Å². The van der Waals surface area contributed by atoms with Gasteiger partial charge in [0.05, 0.1) is 0 Å². The Bertz CT molecular complexity index is 590. The van der Waals surface area contributed by atoms with Crippen LogP contribution in [0.3, 0.4) is 0 Å². The molecular formula is C13H9N3. The summed E-state index contributed by atoms with van der Waals surface area (Å²) in [5, 5.41) is 16.7. The van der Waals surface area contributed by atoms with E-state index in [4.69, 9.17) is 11.7 Å². The van der Waals surface area contributed by atoms with E-state index < -0.39 is 0 Å². The molecule has 1 heterocycles. The van der Waals surface area contributed by atoms with Crippen molar-refractivity contribution in [1.29, 1.82) is 5.26 Å². The Labute approximate surface area is 93.4 Å². The molecule has 0 saturated carbocycles. The standard InChI is InChI=1S/C13H9N3/c1-2-10(9-14)11-3-5-12(6-4-11)13-15-7-8-16-13/h1,3-8,15-16H. The Balaban J connectivity index is 2.54. The average molecular weight is 207 g/mol. The highest BCUT2D eigenvalue weighted by Gasteiger charge is 1.98. The van der Waals surface area contributed by atoms with Gasteiger partial charge in [-0.3, -0.25) is 0 Å². The van der Waals surface area contributed by atoms with Gasteiger partial charge in [-0.05, 0) is 0 Å². The van der Waals surface area contributed by atoms with Crippen molar-refractivity contribution in [2.75, 3.05) is 0 Å². The normalized spacial score (nSPS) is 12.2. The number of nitriles is 1. The van der Waals surface area contributed by atoms with E-state index in [1.165, 1.54) is 0 Å². The molecule has 0 unspecified atom stereocenters. The van der Waals surface area contributed by atoms with E-state index in [0.29, 0.717) is 5.57 Å². The summed E-state index contributed by atoms with van der Waals surface area (Å²) < 4.78 is 0. The molecule has 0 aliphatic carbocycles. The van der Waals surface area contributed by atoms with E-state index in [-0.39, 0.29) is 0 Å². The van der Waals surface area contributed by atoms with Crippen LogP contribution in [0, 0.1) is 23.7 Å². The monoisotopic (exact) mass is 207 g/mol. The molecule has 2 N–H and O–H groups in total. The molecule has 1 aliphatic heterocycles. The number of nitrogens with one attached hydrogen (secondary N) is 2. The van der Waals surface area contributed by atoms with Crippen molar-refractivity contribution >= 4 is 11.4 Å². The lowest BCUT2D eigenvalue weighted by molar-refractivity contribution is 1.13. The molecule has 0 amide bonds. The predicted octanol–water partition coefficient (Wildman–Crippen LogP) is -0.276. The van der Waals surface area contributed by atoms with Gasteiger partial charge >= 0.3 is 0 Å². The number of hydrogen-bond acceptors (Lipinski definition) is 3. The molecule has 0 spiro atoms. The van der Waals surface area contributed by atoms with Crippen LogP contribution in [-0.4, -0.2) is 0 Å². The van der Waals surface area contributed by atoms with E-state index in [1.54, 1.807) is 0 Å². The van der Waals surface area contributed by atoms with E-state index in [0.717, 1.165) is 16.3 Å². The molecule has 76 valence electrons. The Morgan fingerprint density at radius 3 is 2.25 bits per heavy atom. The summed E-state index contributed by atoms with van der Waals surface area (Å²) in [5.41, 5.74) is 0.349. The average Bonchev–Trinajstić information content (AvgIpc) is 2.85. The van der Waals surface area contributed by atoms with Crippen LogP contribution in [0.2, 0.25) is 0 Å². The van der Waals surface area contributed by atoms with Gasteiger partial charge in [-0.15, -0.1) is 6.42 Å². The zero-order chi connectivity index (χ0) is 11.4. The molecule has 1 aromatic carbocycles. The van der Waals surface area contributed by atoms with Crippen LogP contribution in [0.5, 0.6) is 0 Å². The van der Waals surface area contributed by atoms with E-state index >= 15 is 0 Å². The summed E-state index contributed by atoms with van der Waals surface area (Å²) in [6, 6.07) is 9.48. The lowest BCUT2D eigenvalue weighted by Crippen LogP contribution is -2.21. The highest BCUT2D eigenvalue weighted by molar-refractivity contribution is 5.74. The zero-order valence-electron chi connectivity index (χ0n) is 8.49. The number of rotatable bonds is 0. The summed E-state index contributed by atoms with van der Waals surface area (Å²) in [7, 11) is 0. The second-order valence-corrected chi connectivity index (χ2v) is 3.21. The molecule has 0 radical (unpaired) electrons. The Kier molecular flexibility index (Phi) is 2.63. The van der Waals surface area contributed by atoms with Crippen LogP contribution in [-0.2, 0) is 0 Å². The van der Waals surface area contributed by atoms with Gasteiger partial charge in [0.2, 0.25) is 0 Å². The van der Waals surface area contributed by atoms with Gasteiger partial charge in [0.1, 0.15) is 17.5 Å². The van der Waals surface area contributed by atoms with Crippen LogP contribution in [0.1, 0.15) is 0 Å². The fraction of sp³-hybridized carbons (Fsp3) is 0. The maximum Gasteiger partial charge on any atom is 0.114 e. The summed E-state index contributed by atoms with van der Waals surface area (Å²) >= 11 is 0. The van der Waals surface area contributed by atoms with Crippen LogP contribution in [0.25, 0.3) is 11.4 Å². The molecule has 2 rings (SSSR count). The highest BCUT2D eigenvalue weighted by atomic mass is 15.1. The first-order chi connectivity index (χ1) is 7.85. The summed E-state index contributed by atoms with van der Waals surface area (Å²) in [5.74, 6) is 3.28. The first-order valence-electron chi connectivity index (χ1n) is 4.74. The van der Waals surface area contributed by atoms with Gasteiger partial charge in [-0.2, -0.15) is 5.26 Å². The lowest BCUT2D eigenvalue weighted by atomic mass is 10.2. The molecule has 1 aromatic rings. The SMILES string of the molecule is C#CC(C#N)=c1ccc(=C2NC=CN2)cc1. The van der Waals surface area contributed by atoms with Crippen molar-refractivity contribution in [3.63, 3.8) is 0 Å². The second kappa shape index (κ2) is 4.25. The number of nitrogens with zero attached hydrogens (tertiary/aromatic N) is 1. The van der Waals surface area contributed by atoms with E-state index in [2.05, 4.69) is 16.6 Å². The van der Waals surface area contributed by atoms with Gasteiger partial charge in [0.15, 0.2) is 0 Å². The van der Waals surface area contributed by atoms with E-state index in [9.17, 15) is 0 Å². The molecule has 3 nitrogen and oxygen atoms in total. The highest BCUT2D eigenvalue weighted by Crippen LogP contribution is 1.89. The third-order valence-electron chi connectivity index (χ3n) is 2.26. The maximum atomic E-state index is 8.79. The van der Waals surface area contributed by atoms with Crippen molar-refractivity contribution in [3.05, 3.63) is 47.1 Å². The number of terminal acetylenes is 1. The Hall–Kier alpha value is -2.65. The summed E-state index contributed by atoms with van der Waals surface area (Å²) in [4.78, 5) is 0. The van der Waals surface area contributed by atoms with Crippen LogP contribution >= 0.6 is 0 Å². The van der Waals surface area contributed by atoms with Crippen LogP contribution < -0.4 is 21.1 Å². The van der Waals surface area contributed by atoms with Crippen LogP contribution in [0.4, 0.5) is 0 Å². The lowest BCUT2D eigenvalue weighted by Gasteiger charge is -1.98. The molecular weight excluding hydrogens is 198 g/mol. The Morgan fingerprint density at radius 1 is 1.12 bits per heavy atom. The van der Waals surface area contributed by atoms with Crippen molar-refractivity contribution in [2.24, 2.45) is 0 Å². The number of benzene rings is 1. The van der Waals surface area contributed by atoms with Crippen molar-refractivity contribution in [3.8, 4) is 18.4 Å². The topological polar surface area (TPSA) is 47.9 Å². The minimum Gasteiger partial charge on any atom is -0.346 e. The van der Waals surface area contributed by atoms with Gasteiger partial charge in [-0.25, -0.2) is 0 Å². The van der Waals surface area contributed by atoms with Gasteiger partial charge in [-0.1, -0.05) is 30.2 Å². The molecule has 0 saturated heterocycles. The molecule has 16 heavy (non-hydrogen) atoms. The summed E-state index contributed by atoms with van der Waals surface area (Å²) in [6.45, 7) is 0. The minimum absolute atomic E-state index is 0.349. The molecule has 0 bridgehead atoms. The van der Waals surface area contributed by atoms with E-state index in [1.807, 2.05) is 42.7 Å². The van der Waals surface area contributed by atoms with Gasteiger partial charge < -0.3 is 10.6 Å². The van der Waals surface area contributed by atoms with Gasteiger partial charge in [0.25, 0.3) is 0 Å². The van der Waals surface area contributed by atoms with Crippen molar-refractivity contribution in [1.82, 2.24) is 10.6 Å². The second-order valence-electron chi connectivity index (χ2n) is 3.21. The van der Waals surface area contributed by atoms with Crippen molar-refractivity contribution < 1.29 is 0 Å². The molecule has 0 atom stereocenters. The zero-order valence-corrected chi connectivity index (χ0v) is 8.49. The summed E-state index contributed by atoms with van der Waals surface area (Å²) in [6.07, 6.45) is 8.86. The first-order valence-corrected chi connectivity index (χ1v) is 4.74.